The van der Waals surface area contributed by atoms with Gasteiger partial charge in [-0.2, -0.15) is 0 Å². The van der Waals surface area contributed by atoms with Crippen LogP contribution in [0.1, 0.15) is 25.4 Å². The summed E-state index contributed by atoms with van der Waals surface area (Å²) in [5.41, 5.74) is 0. The molecule has 2 heterocycles. The lowest BCUT2D eigenvalue weighted by atomic mass is 10.3. The average molecular weight is 297 g/mol. The van der Waals surface area contributed by atoms with Crippen LogP contribution in [0.25, 0.3) is 0 Å². The Labute approximate surface area is 122 Å². The van der Waals surface area contributed by atoms with Crippen LogP contribution >= 0.6 is 23.4 Å². The van der Waals surface area contributed by atoms with Crippen molar-refractivity contribution in [2.24, 2.45) is 0 Å². The summed E-state index contributed by atoms with van der Waals surface area (Å²) in [5.74, 6) is 2.70. The number of nitrogens with zero attached hydrogens (tertiary/aromatic N) is 1. The fourth-order valence-electron chi connectivity index (χ4n) is 1.49. The second-order valence-corrected chi connectivity index (χ2v) is 5.94. The van der Waals surface area contributed by atoms with Crippen molar-refractivity contribution in [3.8, 4) is 0 Å². The topological polar surface area (TPSA) is 38.1 Å². The van der Waals surface area contributed by atoms with E-state index in [0.717, 1.165) is 28.8 Å². The predicted octanol–water partition coefficient (Wildman–Crippen LogP) is 4.12. The van der Waals surface area contributed by atoms with Gasteiger partial charge < -0.3 is 9.73 Å². The normalized spacial score (nSPS) is 11.2. The summed E-state index contributed by atoms with van der Waals surface area (Å²) in [7, 11) is 0. The highest BCUT2D eigenvalue weighted by Gasteiger charge is 2.04. The molecule has 0 aliphatic rings. The highest BCUT2D eigenvalue weighted by molar-refractivity contribution is 7.98. The molecule has 102 valence electrons. The summed E-state index contributed by atoms with van der Waals surface area (Å²) in [6.07, 6.45) is 1.66. The molecule has 0 bridgehead atoms. The summed E-state index contributed by atoms with van der Waals surface area (Å²) in [4.78, 5) is 4.24. The number of aromatic nitrogens is 1. The van der Waals surface area contributed by atoms with Crippen molar-refractivity contribution >= 4 is 23.4 Å². The van der Waals surface area contributed by atoms with E-state index in [-0.39, 0.29) is 0 Å². The predicted molar refractivity (Wildman–Crippen MR) is 79.5 cm³/mol. The van der Waals surface area contributed by atoms with Crippen molar-refractivity contribution in [1.82, 2.24) is 10.3 Å². The van der Waals surface area contributed by atoms with Crippen LogP contribution in [0, 0.1) is 0 Å². The molecule has 3 nitrogen and oxygen atoms in total. The van der Waals surface area contributed by atoms with Gasteiger partial charge in [-0.3, -0.25) is 0 Å². The molecule has 0 aliphatic carbocycles. The lowest BCUT2D eigenvalue weighted by molar-refractivity contribution is 0.445. The Morgan fingerprint density at radius 2 is 2.05 bits per heavy atom. The monoisotopic (exact) mass is 296 g/mol. The molecule has 19 heavy (non-hydrogen) atoms. The summed E-state index contributed by atoms with van der Waals surface area (Å²) < 4.78 is 5.74. The zero-order valence-electron chi connectivity index (χ0n) is 11.0. The number of halogens is 1. The average Bonchev–Trinajstić information content (AvgIpc) is 2.84. The first-order valence-corrected chi connectivity index (χ1v) is 7.55. The van der Waals surface area contributed by atoms with E-state index in [0.29, 0.717) is 11.1 Å². The van der Waals surface area contributed by atoms with Crippen LogP contribution in [0.3, 0.4) is 0 Å². The molecule has 2 aromatic heterocycles. The molecule has 0 spiro atoms. The molecule has 0 saturated heterocycles. The number of furan rings is 1. The molecule has 0 saturated carbocycles. The van der Waals surface area contributed by atoms with Gasteiger partial charge >= 0.3 is 0 Å². The molecular weight excluding hydrogens is 280 g/mol. The van der Waals surface area contributed by atoms with E-state index >= 15 is 0 Å². The highest BCUT2D eigenvalue weighted by Crippen LogP contribution is 2.23. The minimum absolute atomic E-state index is 0.459. The van der Waals surface area contributed by atoms with Crippen molar-refractivity contribution in [3.05, 3.63) is 47.0 Å². The highest BCUT2D eigenvalue weighted by atomic mass is 35.5. The van der Waals surface area contributed by atoms with Crippen molar-refractivity contribution in [2.45, 2.75) is 37.2 Å². The molecule has 0 aromatic carbocycles. The molecule has 0 aliphatic heterocycles. The van der Waals surface area contributed by atoms with E-state index in [1.54, 1.807) is 18.0 Å². The van der Waals surface area contributed by atoms with E-state index in [4.69, 9.17) is 16.0 Å². The van der Waals surface area contributed by atoms with Crippen molar-refractivity contribution in [1.29, 1.82) is 0 Å². The number of rotatable bonds is 6. The first kappa shape index (κ1) is 14.4. The van der Waals surface area contributed by atoms with Crippen LogP contribution in [-0.4, -0.2) is 11.0 Å². The molecule has 0 amide bonds. The minimum Gasteiger partial charge on any atom is -0.464 e. The lowest BCUT2D eigenvalue weighted by Gasteiger charge is -2.05. The van der Waals surface area contributed by atoms with Crippen LogP contribution in [0.2, 0.25) is 5.02 Å². The summed E-state index contributed by atoms with van der Waals surface area (Å²) in [6.45, 7) is 5.00. The number of thioether (sulfide) groups is 1. The Hall–Kier alpha value is -0.970. The fraction of sp³-hybridized carbons (Fsp3) is 0.357. The fourth-order valence-corrected chi connectivity index (χ4v) is 2.34. The Kier molecular flexibility index (Phi) is 5.31. The Morgan fingerprint density at radius 3 is 2.74 bits per heavy atom. The zero-order valence-corrected chi connectivity index (χ0v) is 12.6. The molecular formula is C14H17ClN2OS. The van der Waals surface area contributed by atoms with Crippen molar-refractivity contribution < 1.29 is 4.42 Å². The second kappa shape index (κ2) is 6.98. The largest absolute Gasteiger partial charge is 0.464 e. The number of nitrogens with one attached hydrogen (secondary N) is 1. The molecule has 0 atom stereocenters. The van der Waals surface area contributed by atoms with Gasteiger partial charge in [0.05, 0.1) is 22.3 Å². The van der Waals surface area contributed by atoms with Crippen molar-refractivity contribution in [2.75, 3.05) is 0 Å². The van der Waals surface area contributed by atoms with Crippen LogP contribution in [0.5, 0.6) is 0 Å². The molecule has 1 N–H and O–H groups in total. The van der Waals surface area contributed by atoms with Crippen LogP contribution in [0.15, 0.2) is 39.9 Å². The number of pyridine rings is 1. The van der Waals surface area contributed by atoms with Gasteiger partial charge in [-0.1, -0.05) is 37.2 Å². The smallest absolute Gasteiger partial charge is 0.118 e. The third kappa shape index (κ3) is 4.90. The van der Waals surface area contributed by atoms with Gasteiger partial charge in [0.2, 0.25) is 0 Å². The SMILES string of the molecule is CC(C)NCc1ccc(CSc2ccc(Cl)cn2)o1. The van der Waals surface area contributed by atoms with Crippen LogP contribution in [0.4, 0.5) is 0 Å². The maximum absolute atomic E-state index is 5.80. The summed E-state index contributed by atoms with van der Waals surface area (Å²) >= 11 is 7.43. The molecule has 0 radical (unpaired) electrons. The van der Waals surface area contributed by atoms with Gasteiger partial charge in [-0.05, 0) is 24.3 Å². The van der Waals surface area contributed by atoms with Gasteiger partial charge in [0.25, 0.3) is 0 Å². The van der Waals surface area contributed by atoms with Crippen LogP contribution in [-0.2, 0) is 12.3 Å². The molecule has 0 unspecified atom stereocenters. The zero-order chi connectivity index (χ0) is 13.7. The van der Waals surface area contributed by atoms with E-state index in [2.05, 4.69) is 24.1 Å². The van der Waals surface area contributed by atoms with E-state index < -0.39 is 0 Å². The standard InChI is InChI=1S/C14H17ClN2OS/c1-10(2)16-8-12-4-5-13(18-12)9-19-14-6-3-11(15)7-17-14/h3-7,10,16H,8-9H2,1-2H3. The number of hydrogen-bond acceptors (Lipinski definition) is 4. The summed E-state index contributed by atoms with van der Waals surface area (Å²) in [5, 5.41) is 4.93. The third-order valence-electron chi connectivity index (χ3n) is 2.46. The van der Waals surface area contributed by atoms with Crippen LogP contribution < -0.4 is 5.32 Å². The summed E-state index contributed by atoms with van der Waals surface area (Å²) in [6, 6.07) is 8.25. The lowest BCUT2D eigenvalue weighted by Crippen LogP contribution is -2.21. The maximum atomic E-state index is 5.80. The number of hydrogen-bond donors (Lipinski definition) is 1. The van der Waals surface area contributed by atoms with Gasteiger partial charge in [0.1, 0.15) is 11.5 Å². The first-order chi connectivity index (χ1) is 9.13. The maximum Gasteiger partial charge on any atom is 0.118 e. The minimum atomic E-state index is 0.459. The quantitative estimate of drug-likeness (QED) is 0.814. The van der Waals surface area contributed by atoms with Gasteiger partial charge in [0.15, 0.2) is 0 Å². The third-order valence-corrected chi connectivity index (χ3v) is 3.65. The van der Waals surface area contributed by atoms with Gasteiger partial charge in [-0.25, -0.2) is 4.98 Å². The Morgan fingerprint density at radius 1 is 1.26 bits per heavy atom. The molecule has 0 fully saturated rings. The van der Waals surface area contributed by atoms with E-state index in [1.165, 1.54) is 0 Å². The second-order valence-electron chi connectivity index (χ2n) is 4.51. The van der Waals surface area contributed by atoms with Crippen molar-refractivity contribution in [3.63, 3.8) is 0 Å². The van der Waals surface area contributed by atoms with Gasteiger partial charge in [-0.15, -0.1) is 0 Å². The first-order valence-electron chi connectivity index (χ1n) is 6.19. The van der Waals surface area contributed by atoms with E-state index in [9.17, 15) is 0 Å². The molecule has 2 rings (SSSR count). The molecule has 5 heteroatoms. The van der Waals surface area contributed by atoms with E-state index in [1.807, 2.05) is 24.3 Å². The van der Waals surface area contributed by atoms with Gasteiger partial charge in [0, 0.05) is 12.2 Å². The Balaban J connectivity index is 1.84. The Bertz CT molecular complexity index is 510. The molecule has 2 aromatic rings.